The van der Waals surface area contributed by atoms with Gasteiger partial charge in [-0.05, 0) is 24.7 Å². The normalized spacial score (nSPS) is 18.2. The Morgan fingerprint density at radius 1 is 1.39 bits per heavy atom. The smallest absolute Gasteiger partial charge is 0.161 e. The van der Waals surface area contributed by atoms with Crippen LogP contribution in [-0.4, -0.2) is 50.0 Å². The molecule has 4 heteroatoms. The standard InChI is InChI=1S/C14H21NO3/c1-10(9-16)11-4-5-13(14(6-11)17-3)18-12-7-15(2)8-12/h4-6,10,12,16H,7-9H2,1-3H3. The molecule has 0 aliphatic carbocycles. The lowest BCUT2D eigenvalue weighted by molar-refractivity contribution is 0.0369. The van der Waals surface area contributed by atoms with Crippen molar-refractivity contribution in [1.29, 1.82) is 0 Å². The summed E-state index contributed by atoms with van der Waals surface area (Å²) < 4.78 is 11.2. The number of likely N-dealkylation sites (N-methyl/N-ethyl adjacent to an activating group) is 1. The van der Waals surface area contributed by atoms with E-state index in [1.807, 2.05) is 25.1 Å². The summed E-state index contributed by atoms with van der Waals surface area (Å²) in [5.74, 6) is 1.63. The molecule has 1 aromatic rings. The van der Waals surface area contributed by atoms with Gasteiger partial charge >= 0.3 is 0 Å². The second kappa shape index (κ2) is 5.59. The zero-order valence-electron chi connectivity index (χ0n) is 11.2. The summed E-state index contributed by atoms with van der Waals surface area (Å²) in [5.41, 5.74) is 1.06. The van der Waals surface area contributed by atoms with E-state index in [0.717, 1.165) is 30.2 Å². The van der Waals surface area contributed by atoms with Crippen molar-refractivity contribution >= 4 is 0 Å². The molecule has 0 aromatic heterocycles. The predicted molar refractivity (Wildman–Crippen MR) is 70.4 cm³/mol. The first-order valence-corrected chi connectivity index (χ1v) is 6.28. The van der Waals surface area contributed by atoms with Crippen LogP contribution in [0.5, 0.6) is 11.5 Å². The molecule has 1 N–H and O–H groups in total. The fourth-order valence-electron chi connectivity index (χ4n) is 2.09. The third kappa shape index (κ3) is 2.76. The van der Waals surface area contributed by atoms with Gasteiger partial charge in [0.1, 0.15) is 6.10 Å². The Morgan fingerprint density at radius 2 is 2.11 bits per heavy atom. The van der Waals surface area contributed by atoms with Gasteiger partial charge < -0.3 is 14.6 Å². The summed E-state index contributed by atoms with van der Waals surface area (Å²) in [5, 5.41) is 9.17. The van der Waals surface area contributed by atoms with Gasteiger partial charge in [0.25, 0.3) is 0 Å². The van der Waals surface area contributed by atoms with Crippen molar-refractivity contribution in [1.82, 2.24) is 4.90 Å². The van der Waals surface area contributed by atoms with Gasteiger partial charge in [0.15, 0.2) is 11.5 Å². The third-order valence-corrected chi connectivity index (χ3v) is 3.35. The maximum Gasteiger partial charge on any atom is 0.161 e. The first kappa shape index (κ1) is 13.2. The molecule has 1 fully saturated rings. The molecule has 18 heavy (non-hydrogen) atoms. The molecule has 1 aliphatic heterocycles. The van der Waals surface area contributed by atoms with E-state index in [9.17, 15) is 0 Å². The molecule has 1 saturated heterocycles. The molecule has 1 unspecified atom stereocenters. The number of aliphatic hydroxyl groups is 1. The lowest BCUT2D eigenvalue weighted by atomic mass is 10.0. The van der Waals surface area contributed by atoms with Crippen molar-refractivity contribution in [3.8, 4) is 11.5 Å². The Hall–Kier alpha value is -1.26. The van der Waals surface area contributed by atoms with E-state index in [2.05, 4.69) is 11.9 Å². The van der Waals surface area contributed by atoms with E-state index in [-0.39, 0.29) is 18.6 Å². The number of likely N-dealkylation sites (tertiary alicyclic amines) is 1. The summed E-state index contributed by atoms with van der Waals surface area (Å²) in [7, 11) is 3.71. The van der Waals surface area contributed by atoms with Crippen LogP contribution < -0.4 is 9.47 Å². The quantitative estimate of drug-likeness (QED) is 0.861. The third-order valence-electron chi connectivity index (χ3n) is 3.35. The van der Waals surface area contributed by atoms with Crippen LogP contribution in [0.25, 0.3) is 0 Å². The second-order valence-electron chi connectivity index (χ2n) is 4.95. The molecule has 4 nitrogen and oxygen atoms in total. The van der Waals surface area contributed by atoms with Crippen molar-refractivity contribution in [3.05, 3.63) is 23.8 Å². The van der Waals surface area contributed by atoms with Crippen LogP contribution in [0.1, 0.15) is 18.4 Å². The van der Waals surface area contributed by atoms with E-state index in [1.165, 1.54) is 0 Å². The van der Waals surface area contributed by atoms with Gasteiger partial charge in [0, 0.05) is 25.6 Å². The van der Waals surface area contributed by atoms with Crippen molar-refractivity contribution in [2.24, 2.45) is 0 Å². The minimum absolute atomic E-state index is 0.114. The minimum atomic E-state index is 0.114. The van der Waals surface area contributed by atoms with Crippen LogP contribution in [0.15, 0.2) is 18.2 Å². The van der Waals surface area contributed by atoms with Crippen LogP contribution in [0.4, 0.5) is 0 Å². The highest BCUT2D eigenvalue weighted by Gasteiger charge is 2.26. The maximum absolute atomic E-state index is 9.17. The first-order valence-electron chi connectivity index (χ1n) is 6.28. The van der Waals surface area contributed by atoms with Gasteiger partial charge in [-0.25, -0.2) is 0 Å². The first-order chi connectivity index (χ1) is 8.63. The average molecular weight is 251 g/mol. The molecule has 0 spiro atoms. The highest BCUT2D eigenvalue weighted by Crippen LogP contribution is 2.32. The molecular weight excluding hydrogens is 230 g/mol. The van der Waals surface area contributed by atoms with Crippen LogP contribution >= 0.6 is 0 Å². The summed E-state index contributed by atoms with van der Waals surface area (Å²) in [6, 6.07) is 5.86. The molecule has 0 amide bonds. The molecule has 1 atom stereocenters. The number of hydrogen-bond acceptors (Lipinski definition) is 4. The molecule has 0 bridgehead atoms. The van der Waals surface area contributed by atoms with Gasteiger partial charge in [-0.15, -0.1) is 0 Å². The number of benzene rings is 1. The lowest BCUT2D eigenvalue weighted by Gasteiger charge is -2.36. The Balaban J connectivity index is 2.10. The number of rotatable bonds is 5. The van der Waals surface area contributed by atoms with E-state index < -0.39 is 0 Å². The van der Waals surface area contributed by atoms with Gasteiger partial charge in [-0.2, -0.15) is 0 Å². The minimum Gasteiger partial charge on any atom is -0.493 e. The summed E-state index contributed by atoms with van der Waals surface area (Å²) >= 11 is 0. The van der Waals surface area contributed by atoms with Crippen LogP contribution in [0.3, 0.4) is 0 Å². The van der Waals surface area contributed by atoms with E-state index >= 15 is 0 Å². The molecule has 1 aromatic carbocycles. The van der Waals surface area contributed by atoms with Crippen LogP contribution in [-0.2, 0) is 0 Å². The van der Waals surface area contributed by atoms with Gasteiger partial charge in [-0.1, -0.05) is 13.0 Å². The van der Waals surface area contributed by atoms with Crippen molar-refractivity contribution in [2.45, 2.75) is 18.9 Å². The summed E-state index contributed by atoms with van der Waals surface area (Å²) in [6.45, 7) is 4.03. The number of ether oxygens (including phenoxy) is 2. The average Bonchev–Trinajstić information content (AvgIpc) is 2.36. The predicted octanol–water partition coefficient (Wildman–Crippen LogP) is 1.48. The van der Waals surface area contributed by atoms with Crippen molar-refractivity contribution in [3.63, 3.8) is 0 Å². The number of nitrogens with zero attached hydrogens (tertiary/aromatic N) is 1. The number of aliphatic hydroxyl groups excluding tert-OH is 1. The zero-order chi connectivity index (χ0) is 13.1. The Labute approximate surface area is 108 Å². The van der Waals surface area contributed by atoms with Crippen molar-refractivity contribution in [2.75, 3.05) is 33.9 Å². The SMILES string of the molecule is COc1cc(C(C)CO)ccc1OC1CN(C)C1. The van der Waals surface area contributed by atoms with E-state index in [1.54, 1.807) is 7.11 Å². The second-order valence-corrected chi connectivity index (χ2v) is 4.95. The van der Waals surface area contributed by atoms with Crippen LogP contribution in [0, 0.1) is 0 Å². The summed E-state index contributed by atoms with van der Waals surface area (Å²) in [6.07, 6.45) is 0.255. The lowest BCUT2D eigenvalue weighted by Crippen LogP contribution is -2.51. The Kier molecular flexibility index (Phi) is 4.09. The monoisotopic (exact) mass is 251 g/mol. The largest absolute Gasteiger partial charge is 0.493 e. The van der Waals surface area contributed by atoms with Gasteiger partial charge in [0.05, 0.1) is 7.11 Å². The fourth-order valence-corrected chi connectivity index (χ4v) is 2.09. The summed E-state index contributed by atoms with van der Waals surface area (Å²) in [4.78, 5) is 2.21. The highest BCUT2D eigenvalue weighted by atomic mass is 16.5. The molecule has 2 rings (SSSR count). The van der Waals surface area contributed by atoms with Gasteiger partial charge in [-0.3, -0.25) is 4.90 Å². The topological polar surface area (TPSA) is 41.9 Å². The molecule has 0 radical (unpaired) electrons. The molecule has 1 aliphatic rings. The van der Waals surface area contributed by atoms with Crippen molar-refractivity contribution < 1.29 is 14.6 Å². The number of methoxy groups -OCH3 is 1. The van der Waals surface area contributed by atoms with E-state index in [0.29, 0.717) is 0 Å². The van der Waals surface area contributed by atoms with Gasteiger partial charge in [0.2, 0.25) is 0 Å². The molecule has 1 heterocycles. The molecular formula is C14H21NO3. The fraction of sp³-hybridized carbons (Fsp3) is 0.571. The highest BCUT2D eigenvalue weighted by molar-refractivity contribution is 5.44. The molecule has 0 saturated carbocycles. The maximum atomic E-state index is 9.17. The molecule has 100 valence electrons. The number of hydrogen-bond donors (Lipinski definition) is 1. The Morgan fingerprint density at radius 3 is 2.67 bits per heavy atom. The Bertz CT molecular complexity index is 402. The van der Waals surface area contributed by atoms with E-state index in [4.69, 9.17) is 14.6 Å². The zero-order valence-corrected chi connectivity index (χ0v) is 11.2. The van der Waals surface area contributed by atoms with Crippen LogP contribution in [0.2, 0.25) is 0 Å².